The Hall–Kier alpha value is -2.16. The third-order valence-corrected chi connectivity index (χ3v) is 3.37. The lowest BCUT2D eigenvalue weighted by molar-refractivity contribution is 0.0743. The molecule has 0 N–H and O–H groups in total. The van der Waals surface area contributed by atoms with Gasteiger partial charge in [0.1, 0.15) is 5.82 Å². The molecule has 0 aromatic heterocycles. The molecule has 0 heterocycles. The lowest BCUT2D eigenvalue weighted by Crippen LogP contribution is -2.31. The molecule has 0 aliphatic heterocycles. The van der Waals surface area contributed by atoms with Crippen LogP contribution >= 0.6 is 0 Å². The standard InChI is InChI=1S/C18H20FNO/c1-3-12-20(13-15-6-4-14(2)5-7-15)18(21)16-8-10-17(19)11-9-16/h4-11H,3,12-13H2,1-2H3. The molecular weight excluding hydrogens is 265 g/mol. The average molecular weight is 285 g/mol. The molecule has 0 bridgehead atoms. The van der Waals surface area contributed by atoms with E-state index < -0.39 is 0 Å². The first-order chi connectivity index (χ1) is 10.1. The molecule has 0 aliphatic rings. The Balaban J connectivity index is 2.15. The van der Waals surface area contributed by atoms with E-state index in [1.54, 1.807) is 4.90 Å². The van der Waals surface area contributed by atoms with Gasteiger partial charge in [-0.25, -0.2) is 4.39 Å². The number of hydrogen-bond acceptors (Lipinski definition) is 1. The van der Waals surface area contributed by atoms with Gasteiger partial charge in [-0.15, -0.1) is 0 Å². The number of hydrogen-bond donors (Lipinski definition) is 0. The highest BCUT2D eigenvalue weighted by Gasteiger charge is 2.15. The maximum Gasteiger partial charge on any atom is 0.254 e. The zero-order chi connectivity index (χ0) is 15.2. The molecule has 2 nitrogen and oxygen atoms in total. The molecule has 0 fully saturated rings. The lowest BCUT2D eigenvalue weighted by atomic mass is 10.1. The summed E-state index contributed by atoms with van der Waals surface area (Å²) in [5.74, 6) is -0.385. The topological polar surface area (TPSA) is 20.3 Å². The molecule has 21 heavy (non-hydrogen) atoms. The van der Waals surface area contributed by atoms with Crippen molar-refractivity contribution in [3.8, 4) is 0 Å². The normalized spacial score (nSPS) is 10.4. The SMILES string of the molecule is CCCN(Cc1ccc(C)cc1)C(=O)c1ccc(F)cc1. The van der Waals surface area contributed by atoms with E-state index in [2.05, 4.69) is 0 Å². The van der Waals surface area contributed by atoms with Crippen LogP contribution in [0.1, 0.15) is 34.8 Å². The van der Waals surface area contributed by atoms with Gasteiger partial charge in [-0.2, -0.15) is 0 Å². The Kier molecular flexibility index (Phi) is 5.09. The van der Waals surface area contributed by atoms with E-state index in [4.69, 9.17) is 0 Å². The number of aryl methyl sites for hydroxylation is 1. The Bertz CT molecular complexity index is 590. The summed E-state index contributed by atoms with van der Waals surface area (Å²) in [5, 5.41) is 0. The number of carbonyl (C=O) groups is 1. The van der Waals surface area contributed by atoms with Crippen molar-refractivity contribution in [1.82, 2.24) is 4.90 Å². The van der Waals surface area contributed by atoms with Crippen molar-refractivity contribution in [2.24, 2.45) is 0 Å². The minimum absolute atomic E-state index is 0.0579. The molecule has 110 valence electrons. The van der Waals surface area contributed by atoms with Crippen LogP contribution in [-0.4, -0.2) is 17.4 Å². The molecule has 1 amide bonds. The first kappa shape index (κ1) is 15.2. The monoisotopic (exact) mass is 285 g/mol. The van der Waals surface area contributed by atoms with Crippen LogP contribution in [-0.2, 0) is 6.54 Å². The summed E-state index contributed by atoms with van der Waals surface area (Å²) in [6, 6.07) is 13.9. The van der Waals surface area contributed by atoms with Gasteiger partial charge >= 0.3 is 0 Å². The molecule has 0 saturated heterocycles. The van der Waals surface area contributed by atoms with Gasteiger partial charge in [0.15, 0.2) is 0 Å². The van der Waals surface area contributed by atoms with Crippen molar-refractivity contribution < 1.29 is 9.18 Å². The highest BCUT2D eigenvalue weighted by atomic mass is 19.1. The summed E-state index contributed by atoms with van der Waals surface area (Å²) < 4.78 is 13.0. The highest BCUT2D eigenvalue weighted by molar-refractivity contribution is 5.94. The minimum atomic E-state index is -0.327. The van der Waals surface area contributed by atoms with Gasteiger partial charge < -0.3 is 4.90 Å². The van der Waals surface area contributed by atoms with Crippen molar-refractivity contribution in [3.63, 3.8) is 0 Å². The molecule has 0 aliphatic carbocycles. The molecule has 0 saturated carbocycles. The zero-order valence-corrected chi connectivity index (χ0v) is 12.5. The van der Waals surface area contributed by atoms with Gasteiger partial charge in [0.2, 0.25) is 0 Å². The number of carbonyl (C=O) groups excluding carboxylic acids is 1. The molecule has 2 aromatic rings. The van der Waals surface area contributed by atoms with Crippen molar-refractivity contribution in [2.75, 3.05) is 6.54 Å². The van der Waals surface area contributed by atoms with E-state index in [9.17, 15) is 9.18 Å². The molecular formula is C18H20FNO. The van der Waals surface area contributed by atoms with Crippen LogP contribution in [0.15, 0.2) is 48.5 Å². The Morgan fingerprint density at radius 3 is 2.24 bits per heavy atom. The van der Waals surface area contributed by atoms with Crippen LogP contribution < -0.4 is 0 Å². The average Bonchev–Trinajstić information content (AvgIpc) is 2.49. The molecule has 3 heteroatoms. The third-order valence-electron chi connectivity index (χ3n) is 3.37. The maximum atomic E-state index is 13.0. The fraction of sp³-hybridized carbons (Fsp3) is 0.278. The summed E-state index contributed by atoms with van der Waals surface area (Å²) >= 11 is 0. The number of rotatable bonds is 5. The number of nitrogens with zero attached hydrogens (tertiary/aromatic N) is 1. The van der Waals surface area contributed by atoms with E-state index in [-0.39, 0.29) is 11.7 Å². The van der Waals surface area contributed by atoms with Gasteiger partial charge in [-0.1, -0.05) is 36.8 Å². The molecule has 0 spiro atoms. The summed E-state index contributed by atoms with van der Waals surface area (Å²) in [7, 11) is 0. The van der Waals surface area contributed by atoms with Gasteiger partial charge in [-0.05, 0) is 43.2 Å². The first-order valence-corrected chi connectivity index (χ1v) is 7.20. The molecule has 2 aromatic carbocycles. The van der Waals surface area contributed by atoms with Crippen LogP contribution in [0, 0.1) is 12.7 Å². The Morgan fingerprint density at radius 1 is 1.05 bits per heavy atom. The van der Waals surface area contributed by atoms with Crippen LogP contribution in [0.25, 0.3) is 0 Å². The zero-order valence-electron chi connectivity index (χ0n) is 12.5. The number of benzene rings is 2. The summed E-state index contributed by atoms with van der Waals surface area (Å²) in [4.78, 5) is 14.3. The van der Waals surface area contributed by atoms with Crippen molar-refractivity contribution >= 4 is 5.91 Å². The molecule has 0 atom stereocenters. The lowest BCUT2D eigenvalue weighted by Gasteiger charge is -2.22. The van der Waals surface area contributed by atoms with Crippen LogP contribution in [0.4, 0.5) is 4.39 Å². The van der Waals surface area contributed by atoms with Crippen LogP contribution in [0.3, 0.4) is 0 Å². The summed E-state index contributed by atoms with van der Waals surface area (Å²) in [5.41, 5.74) is 2.83. The molecule has 0 radical (unpaired) electrons. The van der Waals surface area contributed by atoms with Crippen molar-refractivity contribution in [3.05, 3.63) is 71.0 Å². The molecule has 2 rings (SSSR count). The Labute approximate surface area is 125 Å². The second kappa shape index (κ2) is 7.02. The second-order valence-corrected chi connectivity index (χ2v) is 5.22. The van der Waals surface area contributed by atoms with E-state index in [0.717, 1.165) is 12.0 Å². The van der Waals surface area contributed by atoms with E-state index in [0.29, 0.717) is 18.7 Å². The second-order valence-electron chi connectivity index (χ2n) is 5.22. The van der Waals surface area contributed by atoms with Crippen LogP contribution in [0.5, 0.6) is 0 Å². The van der Waals surface area contributed by atoms with E-state index in [1.807, 2.05) is 38.1 Å². The summed E-state index contributed by atoms with van der Waals surface area (Å²) in [6.45, 7) is 5.34. The summed E-state index contributed by atoms with van der Waals surface area (Å²) in [6.07, 6.45) is 0.888. The number of amides is 1. The smallest absolute Gasteiger partial charge is 0.254 e. The quantitative estimate of drug-likeness (QED) is 0.806. The van der Waals surface area contributed by atoms with Crippen molar-refractivity contribution in [2.45, 2.75) is 26.8 Å². The minimum Gasteiger partial charge on any atom is -0.334 e. The van der Waals surface area contributed by atoms with Gasteiger partial charge in [0.25, 0.3) is 5.91 Å². The van der Waals surface area contributed by atoms with E-state index >= 15 is 0 Å². The predicted molar refractivity (Wildman–Crippen MR) is 82.6 cm³/mol. The van der Waals surface area contributed by atoms with Gasteiger partial charge in [-0.3, -0.25) is 4.79 Å². The highest BCUT2D eigenvalue weighted by Crippen LogP contribution is 2.12. The maximum absolute atomic E-state index is 13.0. The van der Waals surface area contributed by atoms with Crippen molar-refractivity contribution in [1.29, 1.82) is 0 Å². The van der Waals surface area contributed by atoms with Gasteiger partial charge in [0, 0.05) is 18.7 Å². The third kappa shape index (κ3) is 4.15. The van der Waals surface area contributed by atoms with E-state index in [1.165, 1.54) is 29.8 Å². The number of halogens is 1. The van der Waals surface area contributed by atoms with Gasteiger partial charge in [0.05, 0.1) is 0 Å². The fourth-order valence-electron chi connectivity index (χ4n) is 2.21. The Morgan fingerprint density at radius 2 is 1.67 bits per heavy atom. The molecule has 0 unspecified atom stereocenters. The fourth-order valence-corrected chi connectivity index (χ4v) is 2.21. The predicted octanol–water partition coefficient (Wildman–Crippen LogP) is 4.19. The largest absolute Gasteiger partial charge is 0.334 e. The first-order valence-electron chi connectivity index (χ1n) is 7.20. The van der Waals surface area contributed by atoms with Crippen LogP contribution in [0.2, 0.25) is 0 Å².